The van der Waals surface area contributed by atoms with Gasteiger partial charge in [0.05, 0.1) is 11.2 Å². The number of fused-ring (bicyclic) bond motifs is 1. The molecular formula is C16H10F3NO. The van der Waals surface area contributed by atoms with Crippen LogP contribution in [0.25, 0.3) is 22.2 Å². The topological polar surface area (TPSA) is 22.1 Å². The lowest BCUT2D eigenvalue weighted by Crippen LogP contribution is -2.17. The molecule has 0 radical (unpaired) electrons. The third kappa shape index (κ3) is 2.97. The molecule has 0 aliphatic rings. The minimum atomic E-state index is -4.73. The van der Waals surface area contributed by atoms with Crippen LogP contribution in [0.1, 0.15) is 0 Å². The summed E-state index contributed by atoms with van der Waals surface area (Å²) in [5, 5.41) is 0.926. The Balaban J connectivity index is 2.10. The molecule has 1 heterocycles. The minimum absolute atomic E-state index is 0.257. The van der Waals surface area contributed by atoms with Crippen LogP contribution >= 0.6 is 0 Å². The van der Waals surface area contributed by atoms with Crippen molar-refractivity contribution in [3.8, 4) is 17.0 Å². The summed E-state index contributed by atoms with van der Waals surface area (Å²) in [4.78, 5) is 4.39. The van der Waals surface area contributed by atoms with E-state index < -0.39 is 6.36 Å². The Morgan fingerprint density at radius 2 is 1.52 bits per heavy atom. The van der Waals surface area contributed by atoms with Gasteiger partial charge in [0.2, 0.25) is 0 Å². The molecule has 0 spiro atoms. The highest BCUT2D eigenvalue weighted by Crippen LogP contribution is 2.33. The van der Waals surface area contributed by atoms with Gasteiger partial charge >= 0.3 is 6.36 Å². The molecule has 3 rings (SSSR count). The van der Waals surface area contributed by atoms with Crippen molar-refractivity contribution in [1.29, 1.82) is 0 Å². The molecule has 2 aromatic carbocycles. The van der Waals surface area contributed by atoms with Crippen molar-refractivity contribution in [2.24, 2.45) is 0 Å². The molecule has 0 saturated carbocycles. The Bertz CT molecular complexity index is 784. The zero-order valence-electron chi connectivity index (χ0n) is 10.8. The molecule has 1 aromatic heterocycles. The van der Waals surface area contributed by atoms with E-state index in [1.165, 1.54) is 12.1 Å². The van der Waals surface area contributed by atoms with Crippen LogP contribution in [0.5, 0.6) is 5.75 Å². The lowest BCUT2D eigenvalue weighted by atomic mass is 10.1. The van der Waals surface area contributed by atoms with E-state index in [0.29, 0.717) is 11.3 Å². The second-order valence-electron chi connectivity index (χ2n) is 4.43. The highest BCUT2D eigenvalue weighted by molar-refractivity contribution is 5.82. The van der Waals surface area contributed by atoms with Crippen LogP contribution in [-0.4, -0.2) is 11.3 Å². The minimum Gasteiger partial charge on any atom is -0.405 e. The maximum atomic E-state index is 12.4. The van der Waals surface area contributed by atoms with Crippen LogP contribution in [0.3, 0.4) is 0 Å². The quantitative estimate of drug-likeness (QED) is 0.676. The van der Waals surface area contributed by atoms with Gasteiger partial charge in [-0.1, -0.05) is 36.4 Å². The molecular weight excluding hydrogens is 279 g/mol. The number of para-hydroxylation sites is 2. The molecule has 0 bridgehead atoms. The number of nitrogens with zero attached hydrogens (tertiary/aromatic N) is 1. The van der Waals surface area contributed by atoms with Gasteiger partial charge in [0.25, 0.3) is 0 Å². The van der Waals surface area contributed by atoms with Crippen LogP contribution in [0.4, 0.5) is 13.2 Å². The maximum absolute atomic E-state index is 12.4. The Hall–Kier alpha value is -2.56. The molecule has 106 valence electrons. The summed E-state index contributed by atoms with van der Waals surface area (Å²) in [7, 11) is 0. The number of benzene rings is 2. The number of alkyl halides is 3. The number of rotatable bonds is 2. The summed E-state index contributed by atoms with van der Waals surface area (Å²) in [6, 6.07) is 16.9. The lowest BCUT2D eigenvalue weighted by Gasteiger charge is -2.13. The first kappa shape index (κ1) is 13.4. The number of pyridine rings is 1. The second-order valence-corrected chi connectivity index (χ2v) is 4.43. The monoisotopic (exact) mass is 289 g/mol. The number of halogens is 3. The average molecular weight is 289 g/mol. The standard InChI is InChI=1S/C16H10F3NO/c17-16(18,19)21-15-8-4-2-6-12(15)14-10-9-11-5-1-3-7-13(11)20-14/h1-10H. The summed E-state index contributed by atoms with van der Waals surface area (Å²) in [6.45, 7) is 0. The van der Waals surface area contributed by atoms with Crippen molar-refractivity contribution in [2.45, 2.75) is 6.36 Å². The van der Waals surface area contributed by atoms with E-state index >= 15 is 0 Å². The molecule has 0 aliphatic carbocycles. The van der Waals surface area contributed by atoms with Gasteiger partial charge in [0.1, 0.15) is 5.75 Å². The van der Waals surface area contributed by atoms with Crippen molar-refractivity contribution < 1.29 is 17.9 Å². The van der Waals surface area contributed by atoms with Crippen LogP contribution in [0, 0.1) is 0 Å². The fraction of sp³-hybridized carbons (Fsp3) is 0.0625. The van der Waals surface area contributed by atoms with Crippen molar-refractivity contribution >= 4 is 10.9 Å². The van der Waals surface area contributed by atoms with E-state index in [1.807, 2.05) is 30.3 Å². The number of ether oxygens (including phenoxy) is 1. The van der Waals surface area contributed by atoms with Crippen LogP contribution < -0.4 is 4.74 Å². The SMILES string of the molecule is FC(F)(F)Oc1ccccc1-c1ccc2ccccc2n1. The van der Waals surface area contributed by atoms with Crippen molar-refractivity contribution in [3.05, 3.63) is 60.7 Å². The molecule has 0 N–H and O–H groups in total. The summed E-state index contributed by atoms with van der Waals surface area (Å²) >= 11 is 0. The van der Waals surface area contributed by atoms with Crippen LogP contribution in [0.2, 0.25) is 0 Å². The molecule has 0 aliphatic heterocycles. The van der Waals surface area contributed by atoms with E-state index in [4.69, 9.17) is 0 Å². The molecule has 0 unspecified atom stereocenters. The second kappa shape index (κ2) is 5.09. The highest BCUT2D eigenvalue weighted by Gasteiger charge is 2.32. The van der Waals surface area contributed by atoms with Crippen molar-refractivity contribution in [2.75, 3.05) is 0 Å². The molecule has 5 heteroatoms. The maximum Gasteiger partial charge on any atom is 0.573 e. The summed E-state index contributed by atoms with van der Waals surface area (Å²) in [5.41, 5.74) is 1.46. The zero-order chi connectivity index (χ0) is 14.9. The largest absolute Gasteiger partial charge is 0.573 e. The fourth-order valence-electron chi connectivity index (χ4n) is 2.11. The number of hydrogen-bond acceptors (Lipinski definition) is 2. The highest BCUT2D eigenvalue weighted by atomic mass is 19.4. The molecule has 0 atom stereocenters. The Morgan fingerprint density at radius 3 is 2.33 bits per heavy atom. The molecule has 2 nitrogen and oxygen atoms in total. The van der Waals surface area contributed by atoms with Gasteiger partial charge in [-0.15, -0.1) is 13.2 Å². The van der Waals surface area contributed by atoms with E-state index in [0.717, 1.165) is 10.9 Å². The van der Waals surface area contributed by atoms with Gasteiger partial charge in [0, 0.05) is 10.9 Å². The Kier molecular flexibility index (Phi) is 3.25. The summed E-state index contributed by atoms with van der Waals surface area (Å²) in [6.07, 6.45) is -4.73. The summed E-state index contributed by atoms with van der Waals surface area (Å²) in [5.74, 6) is -0.257. The molecule has 0 saturated heterocycles. The fourth-order valence-corrected chi connectivity index (χ4v) is 2.11. The van der Waals surface area contributed by atoms with Gasteiger partial charge in [0.15, 0.2) is 0 Å². The lowest BCUT2D eigenvalue weighted by molar-refractivity contribution is -0.274. The Morgan fingerprint density at radius 1 is 0.810 bits per heavy atom. The third-order valence-corrected chi connectivity index (χ3v) is 2.99. The van der Waals surface area contributed by atoms with Crippen molar-refractivity contribution in [3.63, 3.8) is 0 Å². The third-order valence-electron chi connectivity index (χ3n) is 2.99. The predicted octanol–water partition coefficient (Wildman–Crippen LogP) is 4.80. The normalized spacial score (nSPS) is 11.6. The molecule has 21 heavy (non-hydrogen) atoms. The van der Waals surface area contributed by atoms with Crippen LogP contribution in [0.15, 0.2) is 60.7 Å². The van der Waals surface area contributed by atoms with E-state index in [1.54, 1.807) is 18.2 Å². The Labute approximate surface area is 118 Å². The molecule has 3 aromatic rings. The first-order valence-corrected chi connectivity index (χ1v) is 6.24. The van der Waals surface area contributed by atoms with E-state index in [9.17, 15) is 13.2 Å². The van der Waals surface area contributed by atoms with E-state index in [2.05, 4.69) is 9.72 Å². The summed E-state index contributed by atoms with van der Waals surface area (Å²) < 4.78 is 41.4. The number of hydrogen-bond donors (Lipinski definition) is 0. The van der Waals surface area contributed by atoms with E-state index in [-0.39, 0.29) is 5.75 Å². The van der Waals surface area contributed by atoms with Gasteiger partial charge in [-0.3, -0.25) is 0 Å². The average Bonchev–Trinajstić information content (AvgIpc) is 2.46. The van der Waals surface area contributed by atoms with Crippen molar-refractivity contribution in [1.82, 2.24) is 4.98 Å². The van der Waals surface area contributed by atoms with Gasteiger partial charge in [-0.25, -0.2) is 4.98 Å². The first-order chi connectivity index (χ1) is 10.0. The van der Waals surface area contributed by atoms with Gasteiger partial charge in [-0.05, 0) is 24.3 Å². The van der Waals surface area contributed by atoms with Crippen LogP contribution in [-0.2, 0) is 0 Å². The van der Waals surface area contributed by atoms with Gasteiger partial charge in [-0.2, -0.15) is 0 Å². The number of aromatic nitrogens is 1. The zero-order valence-corrected chi connectivity index (χ0v) is 10.8. The predicted molar refractivity (Wildman–Crippen MR) is 73.9 cm³/mol. The molecule has 0 amide bonds. The first-order valence-electron chi connectivity index (χ1n) is 6.24. The molecule has 0 fully saturated rings. The van der Waals surface area contributed by atoms with Gasteiger partial charge < -0.3 is 4.74 Å². The smallest absolute Gasteiger partial charge is 0.405 e.